The summed E-state index contributed by atoms with van der Waals surface area (Å²) in [5.74, 6) is 4.44. The van der Waals surface area contributed by atoms with Crippen LogP contribution in [0.2, 0.25) is 0 Å². The van der Waals surface area contributed by atoms with Gasteiger partial charge in [-0.3, -0.25) is 4.79 Å². The monoisotopic (exact) mass is 287 g/mol. The number of hydrogen-bond acceptors (Lipinski definition) is 3. The van der Waals surface area contributed by atoms with Crippen LogP contribution in [-0.2, 0) is 9.53 Å². The molecule has 1 rings (SSSR count). The lowest BCUT2D eigenvalue weighted by molar-refractivity contribution is -0.174. The van der Waals surface area contributed by atoms with E-state index in [1.54, 1.807) is 24.3 Å². The molecule has 108 valence electrons. The summed E-state index contributed by atoms with van der Waals surface area (Å²) in [4.78, 5) is 11.3. The molecule has 0 radical (unpaired) electrons. The fourth-order valence-electron chi connectivity index (χ4n) is 1.24. The Balaban J connectivity index is 2.42. The van der Waals surface area contributed by atoms with Gasteiger partial charge in [-0.15, -0.1) is 0 Å². The van der Waals surface area contributed by atoms with Crippen LogP contribution in [0.1, 0.15) is 5.56 Å². The third-order valence-corrected chi connectivity index (χ3v) is 1.98. The maximum Gasteiger partial charge on any atom is 0.411 e. The second-order valence-electron chi connectivity index (χ2n) is 3.69. The van der Waals surface area contributed by atoms with Crippen LogP contribution in [0.15, 0.2) is 24.3 Å². The van der Waals surface area contributed by atoms with Gasteiger partial charge in [-0.25, -0.2) is 0 Å². The minimum Gasteiger partial charge on any atom is -0.384 e. The van der Waals surface area contributed by atoms with Crippen molar-refractivity contribution in [2.45, 2.75) is 6.18 Å². The van der Waals surface area contributed by atoms with Gasteiger partial charge in [-0.2, -0.15) is 13.2 Å². The number of rotatable bonds is 4. The molecule has 0 aliphatic carbocycles. The Labute approximate surface area is 113 Å². The second kappa shape index (κ2) is 7.53. The summed E-state index contributed by atoms with van der Waals surface area (Å²) in [7, 11) is 0. The Morgan fingerprint density at radius 3 is 2.50 bits per heavy atom. The van der Waals surface area contributed by atoms with Crippen molar-refractivity contribution in [3.8, 4) is 11.8 Å². The Hall–Kier alpha value is -2.04. The van der Waals surface area contributed by atoms with E-state index in [4.69, 9.17) is 5.11 Å². The molecule has 0 saturated carbocycles. The Morgan fingerprint density at radius 1 is 1.30 bits per heavy atom. The number of anilines is 1. The van der Waals surface area contributed by atoms with Gasteiger partial charge in [0.25, 0.3) is 0 Å². The van der Waals surface area contributed by atoms with Crippen molar-refractivity contribution in [2.75, 3.05) is 25.1 Å². The number of alkyl halides is 3. The SMILES string of the molecule is O=C(COCC(F)(F)F)Nc1ccc(C#CCO)cc1. The van der Waals surface area contributed by atoms with Crippen molar-refractivity contribution in [3.05, 3.63) is 29.8 Å². The molecule has 0 atom stereocenters. The molecule has 1 aromatic rings. The van der Waals surface area contributed by atoms with E-state index in [-0.39, 0.29) is 6.61 Å². The number of benzene rings is 1. The van der Waals surface area contributed by atoms with Gasteiger partial charge < -0.3 is 15.2 Å². The zero-order valence-electron chi connectivity index (χ0n) is 10.3. The first-order valence-corrected chi connectivity index (χ1v) is 5.55. The molecule has 0 aliphatic heterocycles. The lowest BCUT2D eigenvalue weighted by Gasteiger charge is -2.08. The third kappa shape index (κ3) is 6.78. The summed E-state index contributed by atoms with van der Waals surface area (Å²) in [5, 5.41) is 10.9. The highest BCUT2D eigenvalue weighted by atomic mass is 19.4. The zero-order valence-corrected chi connectivity index (χ0v) is 10.3. The lowest BCUT2D eigenvalue weighted by Crippen LogP contribution is -2.23. The average Bonchev–Trinajstić information content (AvgIpc) is 2.36. The Bertz CT molecular complexity index is 500. The second-order valence-corrected chi connectivity index (χ2v) is 3.69. The molecule has 1 amide bonds. The lowest BCUT2D eigenvalue weighted by atomic mass is 10.2. The fourth-order valence-corrected chi connectivity index (χ4v) is 1.24. The largest absolute Gasteiger partial charge is 0.411 e. The van der Waals surface area contributed by atoms with Crippen molar-refractivity contribution in [2.24, 2.45) is 0 Å². The first-order valence-electron chi connectivity index (χ1n) is 5.55. The first-order chi connectivity index (χ1) is 9.40. The van der Waals surface area contributed by atoms with Crippen molar-refractivity contribution >= 4 is 11.6 Å². The molecule has 1 aromatic carbocycles. The molecular formula is C13H12F3NO3. The summed E-state index contributed by atoms with van der Waals surface area (Å²) in [6.45, 7) is -2.39. The summed E-state index contributed by atoms with van der Waals surface area (Å²) < 4.78 is 39.6. The Kier molecular flexibility index (Phi) is 6.03. The average molecular weight is 287 g/mol. The van der Waals surface area contributed by atoms with Crippen LogP contribution in [0.4, 0.5) is 18.9 Å². The Morgan fingerprint density at radius 2 is 1.95 bits per heavy atom. The minimum absolute atomic E-state index is 0.255. The van der Waals surface area contributed by atoms with Gasteiger partial charge in [0.05, 0.1) is 0 Å². The molecule has 4 nitrogen and oxygen atoms in total. The topological polar surface area (TPSA) is 58.6 Å². The van der Waals surface area contributed by atoms with E-state index >= 15 is 0 Å². The molecule has 0 bridgehead atoms. The van der Waals surface area contributed by atoms with E-state index in [0.717, 1.165) is 0 Å². The molecule has 2 N–H and O–H groups in total. The number of aliphatic hydroxyl groups excluding tert-OH is 1. The van der Waals surface area contributed by atoms with Crippen molar-refractivity contribution in [1.82, 2.24) is 0 Å². The molecule has 0 aromatic heterocycles. The number of halogens is 3. The summed E-state index contributed by atoms with van der Waals surface area (Å²) in [6, 6.07) is 6.30. The minimum atomic E-state index is -4.45. The van der Waals surface area contributed by atoms with Crippen LogP contribution in [0, 0.1) is 11.8 Å². The van der Waals surface area contributed by atoms with Crippen LogP contribution < -0.4 is 5.32 Å². The van der Waals surface area contributed by atoms with E-state index < -0.39 is 25.3 Å². The molecular weight excluding hydrogens is 275 g/mol. The van der Waals surface area contributed by atoms with Gasteiger partial charge in [0.2, 0.25) is 5.91 Å². The van der Waals surface area contributed by atoms with Gasteiger partial charge in [0.15, 0.2) is 0 Å². The molecule has 0 unspecified atom stereocenters. The predicted octanol–water partition coefficient (Wildman–Crippen LogP) is 1.55. The van der Waals surface area contributed by atoms with Gasteiger partial charge in [-0.05, 0) is 24.3 Å². The highest BCUT2D eigenvalue weighted by Gasteiger charge is 2.27. The van der Waals surface area contributed by atoms with Crippen LogP contribution in [0.3, 0.4) is 0 Å². The van der Waals surface area contributed by atoms with E-state index in [2.05, 4.69) is 21.9 Å². The molecule has 7 heteroatoms. The summed E-state index contributed by atoms with van der Waals surface area (Å²) in [5.41, 5.74) is 1.06. The predicted molar refractivity (Wildman–Crippen MR) is 65.9 cm³/mol. The number of carbonyl (C=O) groups is 1. The standard InChI is InChI=1S/C13H12F3NO3/c14-13(15,16)9-20-8-12(19)17-11-5-3-10(4-6-11)2-1-7-18/h3-6,18H,7-9H2,(H,17,19). The number of amides is 1. The van der Waals surface area contributed by atoms with E-state index in [9.17, 15) is 18.0 Å². The van der Waals surface area contributed by atoms with Crippen LogP contribution in [0.5, 0.6) is 0 Å². The van der Waals surface area contributed by atoms with Gasteiger partial charge in [0, 0.05) is 11.3 Å². The van der Waals surface area contributed by atoms with Gasteiger partial charge >= 0.3 is 6.18 Å². The van der Waals surface area contributed by atoms with Crippen molar-refractivity contribution in [1.29, 1.82) is 0 Å². The fraction of sp³-hybridized carbons (Fsp3) is 0.308. The highest BCUT2D eigenvalue weighted by Crippen LogP contribution is 2.14. The molecule has 0 spiro atoms. The number of hydrogen-bond donors (Lipinski definition) is 2. The van der Waals surface area contributed by atoms with Crippen molar-refractivity contribution < 1.29 is 27.8 Å². The smallest absolute Gasteiger partial charge is 0.384 e. The van der Waals surface area contributed by atoms with Crippen LogP contribution in [-0.4, -0.2) is 37.0 Å². The van der Waals surface area contributed by atoms with E-state index in [0.29, 0.717) is 11.3 Å². The van der Waals surface area contributed by atoms with Crippen LogP contribution >= 0.6 is 0 Å². The normalized spacial score (nSPS) is 10.6. The maximum atomic E-state index is 11.8. The first kappa shape index (κ1) is 16.0. The molecule has 0 saturated heterocycles. The van der Waals surface area contributed by atoms with Crippen molar-refractivity contribution in [3.63, 3.8) is 0 Å². The third-order valence-electron chi connectivity index (χ3n) is 1.98. The summed E-state index contributed by atoms with van der Waals surface area (Å²) >= 11 is 0. The zero-order chi connectivity index (χ0) is 15.0. The molecule has 20 heavy (non-hydrogen) atoms. The summed E-state index contributed by atoms with van der Waals surface area (Å²) in [6.07, 6.45) is -4.45. The van der Waals surface area contributed by atoms with E-state index in [1.165, 1.54) is 0 Å². The molecule has 0 aliphatic rings. The molecule has 0 fully saturated rings. The quantitative estimate of drug-likeness (QED) is 0.826. The highest BCUT2D eigenvalue weighted by molar-refractivity contribution is 5.91. The number of nitrogens with one attached hydrogen (secondary N) is 1. The van der Waals surface area contributed by atoms with Crippen LogP contribution in [0.25, 0.3) is 0 Å². The number of ether oxygens (including phenoxy) is 1. The number of aliphatic hydroxyl groups is 1. The number of carbonyl (C=O) groups excluding carboxylic acids is 1. The van der Waals surface area contributed by atoms with Gasteiger partial charge in [0.1, 0.15) is 19.8 Å². The maximum absolute atomic E-state index is 11.8. The van der Waals surface area contributed by atoms with E-state index in [1.807, 2.05) is 0 Å². The van der Waals surface area contributed by atoms with Gasteiger partial charge in [-0.1, -0.05) is 11.8 Å². The molecule has 0 heterocycles.